The normalized spacial score (nSPS) is 34.4. The molecule has 2 aromatic rings. The van der Waals surface area contributed by atoms with Crippen LogP contribution in [0.4, 0.5) is 0 Å². The van der Waals surface area contributed by atoms with Crippen LogP contribution in [0.2, 0.25) is 0 Å². The number of aromatic hydroxyl groups is 1. The molecule has 2 aliphatic heterocycles. The van der Waals surface area contributed by atoms with Crippen molar-refractivity contribution in [3.63, 3.8) is 0 Å². The molecule has 3 fully saturated rings. The van der Waals surface area contributed by atoms with E-state index in [1.54, 1.807) is 18.1 Å². The first-order chi connectivity index (χ1) is 17.9. The number of nitrogens with zero attached hydrogens (tertiary/aromatic N) is 2. The molecule has 7 rings (SSSR count). The fourth-order valence-corrected chi connectivity index (χ4v) is 8.21. The van der Waals surface area contributed by atoms with Gasteiger partial charge in [0.2, 0.25) is 0 Å². The van der Waals surface area contributed by atoms with E-state index >= 15 is 0 Å². The van der Waals surface area contributed by atoms with Gasteiger partial charge in [0, 0.05) is 32.3 Å². The lowest BCUT2D eigenvalue weighted by atomic mass is 9.48. The molecule has 1 amide bonds. The Balaban J connectivity index is 1.29. The summed E-state index contributed by atoms with van der Waals surface area (Å²) in [5.74, 6) is 1.25. The molecule has 7 nitrogen and oxygen atoms in total. The zero-order valence-corrected chi connectivity index (χ0v) is 21.6. The molecule has 6 atom stereocenters. The van der Waals surface area contributed by atoms with Crippen molar-refractivity contribution in [2.24, 2.45) is 5.92 Å². The van der Waals surface area contributed by atoms with Crippen LogP contribution in [-0.2, 0) is 21.4 Å². The first-order valence-electron chi connectivity index (χ1n) is 13.7. The summed E-state index contributed by atoms with van der Waals surface area (Å²) in [6, 6.07) is 13.1. The predicted molar refractivity (Wildman–Crippen MR) is 138 cm³/mol. The highest BCUT2D eigenvalue weighted by atomic mass is 16.5. The van der Waals surface area contributed by atoms with Gasteiger partial charge in [0.15, 0.2) is 17.6 Å². The van der Waals surface area contributed by atoms with Crippen LogP contribution in [0.15, 0.2) is 42.5 Å². The number of phenolic OH excluding ortho intramolecular Hbond substituents is 1. The van der Waals surface area contributed by atoms with Crippen molar-refractivity contribution in [1.29, 1.82) is 0 Å². The quantitative estimate of drug-likeness (QED) is 0.629. The zero-order valence-electron chi connectivity index (χ0n) is 21.6. The van der Waals surface area contributed by atoms with Crippen LogP contribution >= 0.6 is 0 Å². The number of methoxy groups -OCH3 is 1. The fraction of sp³-hybridized carbons (Fsp3) is 0.567. The van der Waals surface area contributed by atoms with Crippen molar-refractivity contribution in [3.8, 4) is 11.5 Å². The van der Waals surface area contributed by atoms with Gasteiger partial charge in [-0.25, -0.2) is 0 Å². The Morgan fingerprint density at radius 3 is 2.70 bits per heavy atom. The molecule has 2 saturated carbocycles. The van der Waals surface area contributed by atoms with Crippen molar-refractivity contribution in [3.05, 3.63) is 59.2 Å². The minimum Gasteiger partial charge on any atom is -0.504 e. The van der Waals surface area contributed by atoms with Gasteiger partial charge in [-0.3, -0.25) is 9.69 Å². The summed E-state index contributed by atoms with van der Waals surface area (Å²) in [5.41, 5.74) is 1.36. The molecule has 1 spiro atoms. The average Bonchev–Trinajstić information content (AvgIpc) is 3.65. The van der Waals surface area contributed by atoms with E-state index in [0.29, 0.717) is 18.6 Å². The third-order valence-corrected chi connectivity index (χ3v) is 10.1. The predicted octanol–water partition coefficient (Wildman–Crippen LogP) is 3.17. The van der Waals surface area contributed by atoms with E-state index in [-0.39, 0.29) is 23.7 Å². The number of aliphatic hydroxyl groups is 1. The van der Waals surface area contributed by atoms with E-state index in [1.807, 2.05) is 43.4 Å². The second-order valence-electron chi connectivity index (χ2n) is 11.9. The topological polar surface area (TPSA) is 82.5 Å². The number of carbonyl (C=O) groups excluding carboxylic acids is 1. The number of hydrogen-bond acceptors (Lipinski definition) is 6. The molecule has 2 heterocycles. The van der Waals surface area contributed by atoms with Gasteiger partial charge in [0.05, 0.1) is 17.1 Å². The van der Waals surface area contributed by atoms with E-state index in [0.717, 1.165) is 43.0 Å². The number of rotatable bonds is 6. The smallest absolute Gasteiger partial charge is 0.256 e. The van der Waals surface area contributed by atoms with E-state index in [9.17, 15) is 15.0 Å². The number of likely N-dealkylation sites (tertiary alicyclic amines) is 1. The summed E-state index contributed by atoms with van der Waals surface area (Å²) >= 11 is 0. The SMILES string of the molecule is CO[C@H](C(=O)N(C)[C@@H]1CC[C@@]2(O)[C@H]3Cc4ccc(O)c5c4[C@@]2(CCN3CC2CC2)[C@H]1O5)c1ccccc1. The lowest BCUT2D eigenvalue weighted by Crippen LogP contribution is -2.78. The summed E-state index contributed by atoms with van der Waals surface area (Å²) in [6.07, 6.45) is 4.17. The molecule has 0 unspecified atom stereocenters. The van der Waals surface area contributed by atoms with Crippen LogP contribution < -0.4 is 4.74 Å². The third kappa shape index (κ3) is 3.14. The molecule has 196 valence electrons. The molecule has 2 N–H and O–H groups in total. The van der Waals surface area contributed by atoms with Gasteiger partial charge >= 0.3 is 0 Å². The first kappa shape index (κ1) is 23.5. The summed E-state index contributed by atoms with van der Waals surface area (Å²) < 4.78 is 12.3. The Bertz CT molecular complexity index is 1230. The van der Waals surface area contributed by atoms with E-state index < -0.39 is 23.2 Å². The van der Waals surface area contributed by atoms with Gasteiger partial charge in [-0.2, -0.15) is 0 Å². The highest BCUT2D eigenvalue weighted by Gasteiger charge is 2.73. The Morgan fingerprint density at radius 2 is 1.97 bits per heavy atom. The highest BCUT2D eigenvalue weighted by Crippen LogP contribution is 2.66. The Morgan fingerprint density at radius 1 is 1.19 bits per heavy atom. The number of benzene rings is 2. The molecule has 0 aromatic heterocycles. The van der Waals surface area contributed by atoms with Gasteiger partial charge in [0.1, 0.15) is 6.10 Å². The molecule has 37 heavy (non-hydrogen) atoms. The number of piperidine rings is 1. The van der Waals surface area contributed by atoms with Gasteiger partial charge in [0.25, 0.3) is 5.91 Å². The molecule has 0 radical (unpaired) electrons. The Labute approximate surface area is 218 Å². The lowest BCUT2D eigenvalue weighted by Gasteiger charge is -2.64. The number of carbonyl (C=O) groups is 1. The molecule has 1 saturated heterocycles. The molecule has 5 aliphatic rings. The van der Waals surface area contributed by atoms with Crippen molar-refractivity contribution >= 4 is 5.91 Å². The minimum atomic E-state index is -0.961. The largest absolute Gasteiger partial charge is 0.504 e. The second-order valence-corrected chi connectivity index (χ2v) is 11.9. The van der Waals surface area contributed by atoms with Crippen LogP contribution in [0.5, 0.6) is 11.5 Å². The van der Waals surface area contributed by atoms with E-state index in [2.05, 4.69) is 4.90 Å². The summed E-state index contributed by atoms with van der Waals surface area (Å²) in [6.45, 7) is 1.94. The van der Waals surface area contributed by atoms with Crippen molar-refractivity contribution < 1.29 is 24.5 Å². The van der Waals surface area contributed by atoms with Gasteiger partial charge in [-0.1, -0.05) is 36.4 Å². The van der Waals surface area contributed by atoms with Gasteiger partial charge < -0.3 is 24.6 Å². The second kappa shape index (κ2) is 8.19. The van der Waals surface area contributed by atoms with Crippen LogP contribution in [0.3, 0.4) is 0 Å². The maximum atomic E-state index is 13.8. The lowest BCUT2D eigenvalue weighted by molar-refractivity contribution is -0.202. The zero-order chi connectivity index (χ0) is 25.5. The third-order valence-electron chi connectivity index (χ3n) is 10.1. The van der Waals surface area contributed by atoms with Crippen LogP contribution in [0.1, 0.15) is 54.9 Å². The summed E-state index contributed by atoms with van der Waals surface area (Å²) in [4.78, 5) is 18.1. The number of phenols is 1. The number of ether oxygens (including phenoxy) is 2. The number of hydrogen-bond donors (Lipinski definition) is 2. The van der Waals surface area contributed by atoms with Crippen molar-refractivity contribution in [1.82, 2.24) is 9.80 Å². The number of likely N-dealkylation sites (N-methyl/N-ethyl adjacent to an activating group) is 1. The number of amides is 1. The Kier molecular flexibility index (Phi) is 5.20. The first-order valence-corrected chi connectivity index (χ1v) is 13.7. The molecule has 3 aliphatic carbocycles. The summed E-state index contributed by atoms with van der Waals surface area (Å²) in [7, 11) is 3.40. The Hall–Kier alpha value is -2.61. The maximum absolute atomic E-state index is 13.8. The van der Waals surface area contributed by atoms with Crippen molar-refractivity contribution in [2.45, 2.75) is 73.8 Å². The van der Waals surface area contributed by atoms with Crippen LogP contribution in [-0.4, -0.2) is 77.0 Å². The molecular formula is C30H36N2O5. The monoisotopic (exact) mass is 504 g/mol. The molecule has 7 heteroatoms. The average molecular weight is 505 g/mol. The molecule has 2 bridgehead atoms. The van der Waals surface area contributed by atoms with Crippen LogP contribution in [0.25, 0.3) is 0 Å². The van der Waals surface area contributed by atoms with Crippen molar-refractivity contribution in [2.75, 3.05) is 27.2 Å². The van der Waals surface area contributed by atoms with E-state index in [1.165, 1.54) is 18.4 Å². The maximum Gasteiger partial charge on any atom is 0.256 e. The standard InChI is InChI=1S/C30H36N2O5/c1-31(28(34)25(36-2)19-6-4-3-5-7-19)21-12-13-30(35)23-16-20-10-11-22(33)26-24(20)29(30,27(21)37-26)14-15-32(23)17-18-8-9-18/h3-7,10-11,18,21,23,25,27,33,35H,8-9,12-17H2,1-2H3/t21-,23-,25+,27+,29+,30-/m1/s1. The van der Waals surface area contributed by atoms with Gasteiger partial charge in [-0.15, -0.1) is 0 Å². The fourth-order valence-electron chi connectivity index (χ4n) is 8.21. The molecular weight excluding hydrogens is 468 g/mol. The van der Waals surface area contributed by atoms with E-state index in [4.69, 9.17) is 9.47 Å². The summed E-state index contributed by atoms with van der Waals surface area (Å²) in [5, 5.41) is 23.5. The van der Waals surface area contributed by atoms with Crippen LogP contribution in [0, 0.1) is 5.92 Å². The molecule has 2 aromatic carbocycles. The highest BCUT2D eigenvalue weighted by molar-refractivity contribution is 5.82. The van der Waals surface area contributed by atoms with Gasteiger partial charge in [-0.05, 0) is 68.2 Å². The minimum absolute atomic E-state index is 0.0222.